The molecule has 0 aromatic heterocycles. The number of anilines is 1. The number of rotatable bonds is 12. The first-order valence-corrected chi connectivity index (χ1v) is 15.3. The summed E-state index contributed by atoms with van der Waals surface area (Å²) in [6, 6.07) is 17.6. The Balaban J connectivity index is 2.10. The SMILES string of the molecule is CCNC(=O)C(Cc1ccccc1)N(Cc1ccc(Cl)c(Cl)c1)C(=O)CN(c1cc(Cl)ccc1OC)S(C)(=O)=O. The zero-order valence-corrected chi connectivity index (χ0v) is 25.3. The minimum Gasteiger partial charge on any atom is -0.495 e. The molecule has 0 spiro atoms. The van der Waals surface area contributed by atoms with Gasteiger partial charge < -0.3 is 15.0 Å². The average molecular weight is 627 g/mol. The van der Waals surface area contributed by atoms with Crippen LogP contribution in [0.3, 0.4) is 0 Å². The fraction of sp³-hybridized carbons (Fsp3) is 0.286. The highest BCUT2D eigenvalue weighted by molar-refractivity contribution is 7.92. The number of halogens is 3. The predicted octanol–water partition coefficient (Wildman–Crippen LogP) is 5.20. The summed E-state index contributed by atoms with van der Waals surface area (Å²) in [6.45, 7) is 1.48. The summed E-state index contributed by atoms with van der Waals surface area (Å²) in [5.74, 6) is -0.792. The molecule has 0 aliphatic heterocycles. The normalized spacial score (nSPS) is 11.9. The first-order valence-electron chi connectivity index (χ1n) is 12.3. The number of hydrogen-bond acceptors (Lipinski definition) is 5. The minimum absolute atomic E-state index is 0.0331. The second kappa shape index (κ2) is 14.1. The molecule has 8 nitrogen and oxygen atoms in total. The Hall–Kier alpha value is -2.98. The summed E-state index contributed by atoms with van der Waals surface area (Å²) in [7, 11) is -2.60. The summed E-state index contributed by atoms with van der Waals surface area (Å²) in [6.07, 6.45) is 1.17. The molecule has 2 amide bonds. The zero-order valence-electron chi connectivity index (χ0n) is 22.2. The van der Waals surface area contributed by atoms with Crippen LogP contribution in [0.15, 0.2) is 66.7 Å². The van der Waals surface area contributed by atoms with Crippen molar-refractivity contribution in [3.63, 3.8) is 0 Å². The number of hydrogen-bond donors (Lipinski definition) is 1. The smallest absolute Gasteiger partial charge is 0.244 e. The molecule has 3 aromatic rings. The standard InChI is InChI=1S/C28H30Cl3N3O5S/c1-4-32-28(36)25(15-19-8-6-5-7-9-19)33(17-20-10-12-22(30)23(31)14-20)27(35)18-34(40(3,37)38)24-16-21(29)11-13-26(24)39-2/h5-14,16,25H,4,15,17-18H2,1-3H3,(H,32,36). The second-order valence-corrected chi connectivity index (χ2v) is 12.1. The second-order valence-electron chi connectivity index (χ2n) is 8.96. The van der Waals surface area contributed by atoms with Gasteiger partial charge in [0.05, 0.1) is 29.1 Å². The number of methoxy groups -OCH3 is 1. The summed E-state index contributed by atoms with van der Waals surface area (Å²) < 4.78 is 32.2. The van der Waals surface area contributed by atoms with E-state index in [0.717, 1.165) is 16.1 Å². The van der Waals surface area contributed by atoms with Crippen LogP contribution in [0.1, 0.15) is 18.1 Å². The van der Waals surface area contributed by atoms with E-state index < -0.39 is 28.5 Å². The Morgan fingerprint density at radius 1 is 0.950 bits per heavy atom. The summed E-state index contributed by atoms with van der Waals surface area (Å²) >= 11 is 18.5. The van der Waals surface area contributed by atoms with Gasteiger partial charge in [0.15, 0.2) is 0 Å². The average Bonchev–Trinajstić information content (AvgIpc) is 2.91. The number of carbonyl (C=O) groups excluding carboxylic acids is 2. The molecule has 0 aliphatic rings. The maximum Gasteiger partial charge on any atom is 0.244 e. The molecule has 0 radical (unpaired) electrons. The molecule has 0 fully saturated rings. The Kier molecular flexibility index (Phi) is 11.1. The molecule has 0 bridgehead atoms. The maximum absolute atomic E-state index is 14.1. The Labute approximate surface area is 249 Å². The lowest BCUT2D eigenvalue weighted by Crippen LogP contribution is -2.53. The Morgan fingerprint density at radius 2 is 1.65 bits per heavy atom. The summed E-state index contributed by atoms with van der Waals surface area (Å²) in [5.41, 5.74) is 1.52. The van der Waals surface area contributed by atoms with Gasteiger partial charge in [-0.15, -0.1) is 0 Å². The highest BCUT2D eigenvalue weighted by Crippen LogP contribution is 2.33. The van der Waals surface area contributed by atoms with Crippen molar-refractivity contribution in [2.24, 2.45) is 0 Å². The van der Waals surface area contributed by atoms with E-state index in [2.05, 4.69) is 5.32 Å². The molecular formula is C28H30Cl3N3O5S. The third-order valence-corrected chi connectivity index (χ3v) is 8.15. The number of sulfonamides is 1. The largest absolute Gasteiger partial charge is 0.495 e. The molecule has 1 unspecified atom stereocenters. The molecule has 1 atom stereocenters. The van der Waals surface area contributed by atoms with Crippen LogP contribution < -0.4 is 14.4 Å². The van der Waals surface area contributed by atoms with Gasteiger partial charge in [-0.05, 0) is 48.4 Å². The monoisotopic (exact) mass is 625 g/mol. The molecular weight excluding hydrogens is 597 g/mol. The van der Waals surface area contributed by atoms with Crippen molar-refractivity contribution < 1.29 is 22.7 Å². The van der Waals surface area contributed by atoms with Gasteiger partial charge in [0.1, 0.15) is 18.3 Å². The van der Waals surface area contributed by atoms with Gasteiger partial charge in [-0.1, -0.05) is 71.2 Å². The van der Waals surface area contributed by atoms with E-state index in [1.807, 2.05) is 30.3 Å². The van der Waals surface area contributed by atoms with Crippen molar-refractivity contribution in [2.45, 2.75) is 25.9 Å². The number of amides is 2. The molecule has 3 rings (SSSR count). The van der Waals surface area contributed by atoms with Crippen molar-refractivity contribution in [1.82, 2.24) is 10.2 Å². The van der Waals surface area contributed by atoms with Crippen LogP contribution >= 0.6 is 34.8 Å². The highest BCUT2D eigenvalue weighted by Gasteiger charge is 2.33. The van der Waals surface area contributed by atoms with E-state index in [-0.39, 0.29) is 40.4 Å². The molecule has 1 N–H and O–H groups in total. The maximum atomic E-state index is 14.1. The van der Waals surface area contributed by atoms with Gasteiger partial charge in [0.25, 0.3) is 0 Å². The third-order valence-electron chi connectivity index (χ3n) is 6.05. The van der Waals surface area contributed by atoms with Gasteiger partial charge in [-0.25, -0.2) is 8.42 Å². The summed E-state index contributed by atoms with van der Waals surface area (Å²) in [4.78, 5) is 28.8. The van der Waals surface area contributed by atoms with Gasteiger partial charge in [-0.3, -0.25) is 13.9 Å². The zero-order chi connectivity index (χ0) is 29.4. The number of carbonyl (C=O) groups is 2. The Morgan fingerprint density at radius 3 is 2.25 bits per heavy atom. The van der Waals surface area contributed by atoms with Crippen LogP contribution in [0.5, 0.6) is 5.75 Å². The molecule has 0 aliphatic carbocycles. The highest BCUT2D eigenvalue weighted by atomic mass is 35.5. The number of nitrogens with zero attached hydrogens (tertiary/aromatic N) is 2. The summed E-state index contributed by atoms with van der Waals surface area (Å²) in [5, 5.41) is 3.68. The topological polar surface area (TPSA) is 96.0 Å². The van der Waals surface area contributed by atoms with E-state index in [9.17, 15) is 18.0 Å². The first-order chi connectivity index (χ1) is 18.9. The van der Waals surface area contributed by atoms with Crippen LogP contribution in [0.25, 0.3) is 0 Å². The lowest BCUT2D eigenvalue weighted by atomic mass is 10.0. The van der Waals surface area contributed by atoms with Crippen molar-refractivity contribution in [1.29, 1.82) is 0 Å². The number of likely N-dealkylation sites (N-methyl/N-ethyl adjacent to an activating group) is 1. The van der Waals surface area contributed by atoms with E-state index in [1.54, 1.807) is 31.2 Å². The van der Waals surface area contributed by atoms with Crippen LogP contribution in [0.4, 0.5) is 5.69 Å². The van der Waals surface area contributed by atoms with Crippen LogP contribution in [0.2, 0.25) is 15.1 Å². The molecule has 214 valence electrons. The number of benzene rings is 3. The van der Waals surface area contributed by atoms with Crippen LogP contribution in [0, 0.1) is 0 Å². The quantitative estimate of drug-likeness (QED) is 0.298. The molecule has 0 saturated carbocycles. The number of nitrogens with one attached hydrogen (secondary N) is 1. The van der Waals surface area contributed by atoms with Gasteiger partial charge >= 0.3 is 0 Å². The van der Waals surface area contributed by atoms with E-state index in [1.165, 1.54) is 24.1 Å². The van der Waals surface area contributed by atoms with Crippen molar-refractivity contribution in [3.8, 4) is 5.75 Å². The van der Waals surface area contributed by atoms with Crippen LogP contribution in [-0.4, -0.2) is 57.6 Å². The van der Waals surface area contributed by atoms with Gasteiger partial charge in [-0.2, -0.15) is 0 Å². The van der Waals surface area contributed by atoms with Crippen LogP contribution in [-0.2, 0) is 32.6 Å². The molecule has 0 saturated heterocycles. The molecule has 0 heterocycles. The first kappa shape index (κ1) is 31.5. The van der Waals surface area contributed by atoms with Crippen molar-refractivity contribution in [2.75, 3.05) is 30.8 Å². The fourth-order valence-corrected chi connectivity index (χ4v) is 5.47. The fourth-order valence-electron chi connectivity index (χ4n) is 4.13. The minimum atomic E-state index is -3.99. The lowest BCUT2D eigenvalue weighted by Gasteiger charge is -2.33. The molecule has 3 aromatic carbocycles. The van der Waals surface area contributed by atoms with Gasteiger partial charge in [0, 0.05) is 24.5 Å². The molecule has 40 heavy (non-hydrogen) atoms. The predicted molar refractivity (Wildman–Crippen MR) is 160 cm³/mol. The number of ether oxygens (including phenoxy) is 1. The van der Waals surface area contributed by atoms with Crippen molar-refractivity contribution in [3.05, 3.63) is 92.9 Å². The van der Waals surface area contributed by atoms with E-state index >= 15 is 0 Å². The third kappa shape index (κ3) is 8.27. The molecule has 12 heteroatoms. The lowest BCUT2D eigenvalue weighted by molar-refractivity contribution is -0.140. The van der Waals surface area contributed by atoms with Gasteiger partial charge in [0.2, 0.25) is 21.8 Å². The van der Waals surface area contributed by atoms with E-state index in [0.29, 0.717) is 17.1 Å². The Bertz CT molecular complexity index is 1450. The van der Waals surface area contributed by atoms with E-state index in [4.69, 9.17) is 39.5 Å². The van der Waals surface area contributed by atoms with Crippen molar-refractivity contribution >= 4 is 62.3 Å².